The molecule has 1 amide bonds. The average Bonchev–Trinajstić information content (AvgIpc) is 2.44. The van der Waals surface area contributed by atoms with Crippen LogP contribution in [0.2, 0.25) is 0 Å². The Hall–Kier alpha value is -0.570. The zero-order chi connectivity index (χ0) is 15.2. The first-order valence-electron chi connectivity index (χ1n) is 8.69. The first-order chi connectivity index (χ1) is 9.65. The quantitative estimate of drug-likeness (QED) is 0.502. The smallest absolute Gasteiger partial charge is 0.236 e. The second-order valence-electron chi connectivity index (χ2n) is 5.87. The van der Waals surface area contributed by atoms with E-state index < -0.39 is 0 Å². The Bertz CT molecular complexity index is 221. The number of carbonyl (C=O) groups is 1. The van der Waals surface area contributed by atoms with Gasteiger partial charge in [-0.1, -0.05) is 59.3 Å². The van der Waals surface area contributed by atoms with E-state index in [0.29, 0.717) is 6.04 Å². The lowest BCUT2D eigenvalue weighted by Gasteiger charge is -2.23. The molecule has 0 fully saturated rings. The normalized spacial score (nSPS) is 12.7. The van der Waals surface area contributed by atoms with E-state index in [-0.39, 0.29) is 11.9 Å². The number of hydrogen-bond acceptors (Lipinski definition) is 2. The number of amides is 1. The van der Waals surface area contributed by atoms with E-state index in [2.05, 4.69) is 31.4 Å². The Labute approximate surface area is 126 Å². The summed E-state index contributed by atoms with van der Waals surface area (Å²) in [5, 5.41) is 6.50. The number of rotatable bonds is 13. The zero-order valence-electron chi connectivity index (χ0n) is 14.1. The van der Waals surface area contributed by atoms with Gasteiger partial charge < -0.3 is 10.6 Å². The summed E-state index contributed by atoms with van der Waals surface area (Å²) in [4.78, 5) is 11.9. The van der Waals surface area contributed by atoms with Crippen LogP contribution in [0.5, 0.6) is 0 Å². The van der Waals surface area contributed by atoms with Gasteiger partial charge in [-0.25, -0.2) is 0 Å². The summed E-state index contributed by atoms with van der Waals surface area (Å²) in [5.41, 5.74) is 0. The van der Waals surface area contributed by atoms with Crippen LogP contribution in [0.4, 0.5) is 0 Å². The fourth-order valence-electron chi connectivity index (χ4n) is 2.42. The predicted octanol–water partition coefficient (Wildman–Crippen LogP) is 4.02. The van der Waals surface area contributed by atoms with Gasteiger partial charge in [0.1, 0.15) is 0 Å². The van der Waals surface area contributed by atoms with Gasteiger partial charge in [0.15, 0.2) is 0 Å². The molecular formula is C17H36N2O. The Morgan fingerprint density at radius 3 is 1.90 bits per heavy atom. The van der Waals surface area contributed by atoms with Gasteiger partial charge in [0.2, 0.25) is 5.91 Å². The molecule has 0 radical (unpaired) electrons. The second-order valence-corrected chi connectivity index (χ2v) is 5.87. The van der Waals surface area contributed by atoms with E-state index in [1.807, 2.05) is 6.92 Å². The van der Waals surface area contributed by atoms with Crippen LogP contribution in [0.3, 0.4) is 0 Å². The molecule has 0 aliphatic carbocycles. The summed E-state index contributed by atoms with van der Waals surface area (Å²) in [6.07, 6.45) is 11.0. The van der Waals surface area contributed by atoms with Crippen molar-refractivity contribution in [2.24, 2.45) is 0 Å². The predicted molar refractivity (Wildman–Crippen MR) is 88.0 cm³/mol. The largest absolute Gasteiger partial charge is 0.355 e. The van der Waals surface area contributed by atoms with E-state index >= 15 is 0 Å². The molecule has 1 unspecified atom stereocenters. The molecule has 3 nitrogen and oxygen atoms in total. The first-order valence-corrected chi connectivity index (χ1v) is 8.69. The first kappa shape index (κ1) is 19.4. The monoisotopic (exact) mass is 284 g/mol. The highest BCUT2D eigenvalue weighted by molar-refractivity contribution is 5.81. The summed E-state index contributed by atoms with van der Waals surface area (Å²) in [7, 11) is 0. The van der Waals surface area contributed by atoms with Crippen molar-refractivity contribution >= 4 is 5.91 Å². The molecule has 0 rings (SSSR count). The minimum Gasteiger partial charge on any atom is -0.355 e. The van der Waals surface area contributed by atoms with Crippen LogP contribution in [-0.2, 0) is 4.79 Å². The molecule has 1 atom stereocenters. The third kappa shape index (κ3) is 10.2. The fourth-order valence-corrected chi connectivity index (χ4v) is 2.42. The molecule has 3 heteroatoms. The van der Waals surface area contributed by atoms with Crippen molar-refractivity contribution in [3.05, 3.63) is 0 Å². The van der Waals surface area contributed by atoms with Crippen LogP contribution in [-0.4, -0.2) is 24.5 Å². The van der Waals surface area contributed by atoms with Crippen molar-refractivity contribution in [2.75, 3.05) is 6.54 Å². The van der Waals surface area contributed by atoms with Crippen LogP contribution >= 0.6 is 0 Å². The lowest BCUT2D eigenvalue weighted by molar-refractivity contribution is -0.122. The van der Waals surface area contributed by atoms with Gasteiger partial charge in [0.25, 0.3) is 0 Å². The van der Waals surface area contributed by atoms with Crippen molar-refractivity contribution in [1.29, 1.82) is 0 Å². The maximum atomic E-state index is 11.9. The topological polar surface area (TPSA) is 41.1 Å². The highest BCUT2D eigenvalue weighted by Crippen LogP contribution is 2.11. The fraction of sp³-hybridized carbons (Fsp3) is 0.941. The average molecular weight is 284 g/mol. The van der Waals surface area contributed by atoms with Gasteiger partial charge in [0, 0.05) is 12.6 Å². The number of carbonyl (C=O) groups excluding carboxylic acids is 1. The van der Waals surface area contributed by atoms with Crippen molar-refractivity contribution in [1.82, 2.24) is 10.6 Å². The van der Waals surface area contributed by atoms with E-state index in [9.17, 15) is 4.79 Å². The summed E-state index contributed by atoms with van der Waals surface area (Å²) in [6, 6.07) is 0.422. The zero-order valence-corrected chi connectivity index (χ0v) is 14.1. The van der Waals surface area contributed by atoms with E-state index in [1.54, 1.807) is 0 Å². The third-order valence-corrected chi connectivity index (χ3v) is 3.74. The van der Waals surface area contributed by atoms with Crippen LogP contribution in [0.1, 0.15) is 85.5 Å². The molecule has 0 bridgehead atoms. The van der Waals surface area contributed by atoms with Crippen LogP contribution in [0.25, 0.3) is 0 Å². The van der Waals surface area contributed by atoms with Gasteiger partial charge in [-0.3, -0.25) is 4.79 Å². The lowest BCUT2D eigenvalue weighted by Crippen LogP contribution is -2.46. The third-order valence-electron chi connectivity index (χ3n) is 3.74. The molecule has 0 spiro atoms. The number of nitrogens with one attached hydrogen (secondary N) is 2. The van der Waals surface area contributed by atoms with Gasteiger partial charge in [-0.05, 0) is 26.2 Å². The number of hydrogen-bond donors (Lipinski definition) is 2. The van der Waals surface area contributed by atoms with Crippen LogP contribution in [0.15, 0.2) is 0 Å². The molecule has 0 heterocycles. The molecule has 0 aromatic carbocycles. The van der Waals surface area contributed by atoms with E-state index in [0.717, 1.165) is 13.0 Å². The van der Waals surface area contributed by atoms with Crippen molar-refractivity contribution in [3.63, 3.8) is 0 Å². The minimum atomic E-state index is -0.0743. The molecule has 0 aromatic rings. The molecule has 0 aliphatic heterocycles. The summed E-state index contributed by atoms with van der Waals surface area (Å²) >= 11 is 0. The molecule has 20 heavy (non-hydrogen) atoms. The van der Waals surface area contributed by atoms with Gasteiger partial charge in [0.05, 0.1) is 6.04 Å². The van der Waals surface area contributed by atoms with Crippen LogP contribution < -0.4 is 10.6 Å². The summed E-state index contributed by atoms with van der Waals surface area (Å²) in [5.74, 6) is 0.142. The highest BCUT2D eigenvalue weighted by atomic mass is 16.2. The van der Waals surface area contributed by atoms with E-state index in [4.69, 9.17) is 0 Å². The highest BCUT2D eigenvalue weighted by Gasteiger charge is 2.16. The SMILES string of the molecule is CCCCCC(CCCCC)NC(C)C(=O)NCCC. The van der Waals surface area contributed by atoms with Crippen LogP contribution in [0, 0.1) is 0 Å². The molecule has 0 aliphatic rings. The Morgan fingerprint density at radius 1 is 0.900 bits per heavy atom. The maximum absolute atomic E-state index is 11.9. The molecule has 0 aromatic heterocycles. The summed E-state index contributed by atoms with van der Waals surface area (Å²) < 4.78 is 0. The molecule has 0 saturated heterocycles. The molecule has 120 valence electrons. The molecular weight excluding hydrogens is 248 g/mol. The minimum absolute atomic E-state index is 0.0743. The molecule has 0 saturated carbocycles. The Kier molecular flexibility index (Phi) is 13.0. The second kappa shape index (κ2) is 13.4. The lowest BCUT2D eigenvalue weighted by atomic mass is 10.0. The van der Waals surface area contributed by atoms with Crippen molar-refractivity contribution in [2.45, 2.75) is 97.6 Å². The Morgan fingerprint density at radius 2 is 1.45 bits per heavy atom. The number of unbranched alkanes of at least 4 members (excludes halogenated alkanes) is 4. The molecule has 2 N–H and O–H groups in total. The van der Waals surface area contributed by atoms with Gasteiger partial charge in [-0.15, -0.1) is 0 Å². The van der Waals surface area contributed by atoms with Gasteiger partial charge in [-0.2, -0.15) is 0 Å². The van der Waals surface area contributed by atoms with E-state index in [1.165, 1.54) is 51.4 Å². The Balaban J connectivity index is 4.11. The summed E-state index contributed by atoms with van der Waals surface area (Å²) in [6.45, 7) is 9.32. The van der Waals surface area contributed by atoms with Gasteiger partial charge >= 0.3 is 0 Å². The van der Waals surface area contributed by atoms with Crippen molar-refractivity contribution in [3.8, 4) is 0 Å². The standard InChI is InChI=1S/C17H36N2O/c1-5-8-10-12-16(13-11-9-6-2)19-15(4)17(20)18-14-7-3/h15-16,19H,5-14H2,1-4H3,(H,18,20). The maximum Gasteiger partial charge on any atom is 0.236 e. The van der Waals surface area contributed by atoms with Crippen molar-refractivity contribution < 1.29 is 4.79 Å².